The molecule has 16 heavy (non-hydrogen) atoms. The SMILES string of the molecule is O=CC1=C/C/C=C(/N2CCC(F)=N2)C\C=C\1. The Morgan fingerprint density at radius 3 is 3.00 bits per heavy atom. The topological polar surface area (TPSA) is 32.7 Å². The van der Waals surface area contributed by atoms with Gasteiger partial charge in [0, 0.05) is 30.7 Å². The Kier molecular flexibility index (Phi) is 3.29. The number of allylic oxidation sites excluding steroid dienone is 5. The quantitative estimate of drug-likeness (QED) is 0.669. The van der Waals surface area contributed by atoms with Crippen molar-refractivity contribution in [2.75, 3.05) is 6.54 Å². The molecule has 0 N–H and O–H groups in total. The van der Waals surface area contributed by atoms with Crippen LogP contribution in [0.2, 0.25) is 0 Å². The molecule has 0 amide bonds. The first kappa shape index (κ1) is 10.8. The fourth-order valence-electron chi connectivity index (χ4n) is 1.73. The third-order valence-electron chi connectivity index (χ3n) is 2.57. The number of nitrogens with zero attached hydrogens (tertiary/aromatic N) is 2. The van der Waals surface area contributed by atoms with E-state index in [4.69, 9.17) is 0 Å². The Bertz CT molecular complexity index is 407. The molecule has 0 spiro atoms. The van der Waals surface area contributed by atoms with Crippen LogP contribution in [0.1, 0.15) is 19.3 Å². The summed E-state index contributed by atoms with van der Waals surface area (Å²) in [6, 6.07) is 0. The first-order chi connectivity index (χ1) is 7.79. The van der Waals surface area contributed by atoms with Gasteiger partial charge in [-0.25, -0.2) is 0 Å². The molecule has 0 bridgehead atoms. The average Bonchev–Trinajstić information content (AvgIpc) is 2.65. The number of aldehydes is 1. The number of hydrogen-bond donors (Lipinski definition) is 0. The Hall–Kier alpha value is -1.71. The lowest BCUT2D eigenvalue weighted by Gasteiger charge is -2.16. The molecule has 0 radical (unpaired) electrons. The third-order valence-corrected chi connectivity index (χ3v) is 2.57. The van der Waals surface area contributed by atoms with E-state index in [1.807, 2.05) is 18.2 Å². The summed E-state index contributed by atoms with van der Waals surface area (Å²) in [5.74, 6) is -0.309. The minimum atomic E-state index is -0.309. The van der Waals surface area contributed by atoms with Crippen molar-refractivity contribution >= 4 is 12.3 Å². The lowest BCUT2D eigenvalue weighted by atomic mass is 10.1. The van der Waals surface area contributed by atoms with E-state index in [2.05, 4.69) is 5.10 Å². The van der Waals surface area contributed by atoms with Crippen molar-refractivity contribution in [3.05, 3.63) is 35.6 Å². The molecule has 0 aromatic heterocycles. The second-order valence-electron chi connectivity index (χ2n) is 3.71. The number of hydrogen-bond acceptors (Lipinski definition) is 3. The van der Waals surface area contributed by atoms with E-state index in [9.17, 15) is 9.18 Å². The van der Waals surface area contributed by atoms with E-state index in [0.717, 1.165) is 12.0 Å². The van der Waals surface area contributed by atoms with E-state index in [-0.39, 0.29) is 5.97 Å². The van der Waals surface area contributed by atoms with Crippen molar-refractivity contribution in [1.82, 2.24) is 5.01 Å². The second kappa shape index (κ2) is 4.88. The average molecular weight is 220 g/mol. The molecule has 1 aliphatic carbocycles. The van der Waals surface area contributed by atoms with Gasteiger partial charge >= 0.3 is 0 Å². The van der Waals surface area contributed by atoms with Gasteiger partial charge in [0.2, 0.25) is 5.97 Å². The summed E-state index contributed by atoms with van der Waals surface area (Å²) >= 11 is 0. The summed E-state index contributed by atoms with van der Waals surface area (Å²) < 4.78 is 12.8. The Morgan fingerprint density at radius 1 is 1.44 bits per heavy atom. The monoisotopic (exact) mass is 220 g/mol. The Labute approximate surface area is 93.6 Å². The highest BCUT2D eigenvalue weighted by atomic mass is 19.1. The molecular formula is C12H13FN2O. The molecule has 0 saturated carbocycles. The van der Waals surface area contributed by atoms with Crippen molar-refractivity contribution in [3.63, 3.8) is 0 Å². The van der Waals surface area contributed by atoms with Crippen LogP contribution in [0.4, 0.5) is 4.39 Å². The number of rotatable bonds is 2. The third kappa shape index (κ3) is 2.45. The van der Waals surface area contributed by atoms with Crippen LogP contribution in [0.3, 0.4) is 0 Å². The molecule has 0 atom stereocenters. The Morgan fingerprint density at radius 2 is 2.31 bits per heavy atom. The molecule has 0 unspecified atom stereocenters. The highest BCUT2D eigenvalue weighted by Gasteiger charge is 2.16. The van der Waals surface area contributed by atoms with Crippen LogP contribution in [0.25, 0.3) is 0 Å². The molecule has 2 rings (SSSR count). The van der Waals surface area contributed by atoms with Gasteiger partial charge in [0.1, 0.15) is 6.29 Å². The molecule has 1 heterocycles. The Balaban J connectivity index is 2.11. The van der Waals surface area contributed by atoms with E-state index >= 15 is 0 Å². The van der Waals surface area contributed by atoms with Crippen molar-refractivity contribution in [1.29, 1.82) is 0 Å². The smallest absolute Gasteiger partial charge is 0.209 e. The fraction of sp³-hybridized carbons (Fsp3) is 0.333. The maximum absolute atomic E-state index is 12.8. The first-order valence-electron chi connectivity index (χ1n) is 5.31. The van der Waals surface area contributed by atoms with Gasteiger partial charge in [-0.3, -0.25) is 9.80 Å². The van der Waals surface area contributed by atoms with Crippen LogP contribution in [0.5, 0.6) is 0 Å². The summed E-state index contributed by atoms with van der Waals surface area (Å²) in [5, 5.41) is 5.51. The molecule has 0 aromatic carbocycles. The molecule has 0 aromatic rings. The molecule has 3 nitrogen and oxygen atoms in total. The zero-order chi connectivity index (χ0) is 11.4. The molecule has 0 fully saturated rings. The van der Waals surface area contributed by atoms with Crippen LogP contribution in [0.15, 0.2) is 40.7 Å². The van der Waals surface area contributed by atoms with Gasteiger partial charge in [-0.1, -0.05) is 24.3 Å². The summed E-state index contributed by atoms with van der Waals surface area (Å²) in [5.41, 5.74) is 1.68. The highest BCUT2D eigenvalue weighted by Crippen LogP contribution is 2.19. The van der Waals surface area contributed by atoms with Crippen molar-refractivity contribution < 1.29 is 9.18 Å². The number of hydrazone groups is 1. The number of carbonyl (C=O) groups is 1. The number of halogens is 1. The first-order valence-corrected chi connectivity index (χ1v) is 5.31. The van der Waals surface area contributed by atoms with Crippen LogP contribution >= 0.6 is 0 Å². The second-order valence-corrected chi connectivity index (χ2v) is 3.71. The van der Waals surface area contributed by atoms with Gasteiger partial charge in [0.05, 0.1) is 0 Å². The summed E-state index contributed by atoms with van der Waals surface area (Å²) in [6.07, 6.45) is 10.1. The van der Waals surface area contributed by atoms with Crippen molar-refractivity contribution in [3.8, 4) is 0 Å². The van der Waals surface area contributed by atoms with Crippen molar-refractivity contribution in [2.24, 2.45) is 5.10 Å². The van der Waals surface area contributed by atoms with Crippen LogP contribution in [-0.2, 0) is 4.79 Å². The molecular weight excluding hydrogens is 207 g/mol. The standard InChI is InChI=1S/C12H13FN2O/c13-12-7-8-15(14-12)11-5-1-3-10(9-16)4-2-6-11/h1,3-4,6,9H,2,5,7-8H2/b3-1+,10-4+,11-6+. The van der Waals surface area contributed by atoms with Crippen LogP contribution < -0.4 is 0 Å². The van der Waals surface area contributed by atoms with E-state index < -0.39 is 0 Å². The molecule has 2 aliphatic rings. The molecule has 4 heteroatoms. The minimum absolute atomic E-state index is 0.309. The van der Waals surface area contributed by atoms with Gasteiger partial charge in [-0.05, 0) is 6.42 Å². The summed E-state index contributed by atoms with van der Waals surface area (Å²) in [4.78, 5) is 10.6. The van der Waals surface area contributed by atoms with Gasteiger partial charge in [-0.15, -0.1) is 5.10 Å². The van der Waals surface area contributed by atoms with Crippen LogP contribution in [-0.4, -0.2) is 23.8 Å². The predicted molar refractivity (Wildman–Crippen MR) is 60.5 cm³/mol. The zero-order valence-electron chi connectivity index (χ0n) is 8.90. The largest absolute Gasteiger partial charge is 0.298 e. The van der Waals surface area contributed by atoms with Crippen LogP contribution in [0, 0.1) is 0 Å². The van der Waals surface area contributed by atoms with Gasteiger partial charge in [0.15, 0.2) is 0 Å². The summed E-state index contributed by atoms with van der Waals surface area (Å²) in [6.45, 7) is 0.607. The van der Waals surface area contributed by atoms with E-state index in [0.29, 0.717) is 31.4 Å². The predicted octanol–water partition coefficient (Wildman–Crippen LogP) is 2.33. The van der Waals surface area contributed by atoms with Gasteiger partial charge < -0.3 is 0 Å². The fourth-order valence-corrected chi connectivity index (χ4v) is 1.73. The molecule has 84 valence electrons. The lowest BCUT2D eigenvalue weighted by molar-refractivity contribution is -0.104. The normalized spacial score (nSPS) is 29.3. The summed E-state index contributed by atoms with van der Waals surface area (Å²) in [7, 11) is 0. The number of carbonyl (C=O) groups excluding carboxylic acids is 1. The maximum Gasteiger partial charge on any atom is 0.209 e. The van der Waals surface area contributed by atoms with Gasteiger partial charge in [0.25, 0.3) is 0 Å². The van der Waals surface area contributed by atoms with Gasteiger partial charge in [-0.2, -0.15) is 4.39 Å². The minimum Gasteiger partial charge on any atom is -0.298 e. The van der Waals surface area contributed by atoms with E-state index in [1.165, 1.54) is 0 Å². The van der Waals surface area contributed by atoms with E-state index in [1.54, 1.807) is 11.1 Å². The molecule has 0 saturated heterocycles. The lowest BCUT2D eigenvalue weighted by Crippen LogP contribution is -2.13. The van der Waals surface area contributed by atoms with Crippen molar-refractivity contribution in [2.45, 2.75) is 19.3 Å². The maximum atomic E-state index is 12.8. The molecule has 1 aliphatic heterocycles. The highest BCUT2D eigenvalue weighted by molar-refractivity contribution is 5.77. The zero-order valence-corrected chi connectivity index (χ0v) is 8.90.